The minimum absolute atomic E-state index is 0.123. The lowest BCUT2D eigenvalue weighted by molar-refractivity contribution is -0.138. The zero-order valence-electron chi connectivity index (χ0n) is 22.2. The molecule has 0 amide bonds. The zero-order chi connectivity index (χ0) is 26.7. The fourth-order valence-corrected chi connectivity index (χ4v) is 5.37. The molecule has 0 saturated carbocycles. The van der Waals surface area contributed by atoms with Crippen molar-refractivity contribution in [1.82, 2.24) is 4.90 Å². The molecule has 1 heterocycles. The monoisotopic (exact) mass is 503 g/mol. The summed E-state index contributed by atoms with van der Waals surface area (Å²) in [6, 6.07) is 11.1. The van der Waals surface area contributed by atoms with E-state index in [4.69, 9.17) is 0 Å². The number of hydrogen-bond donors (Lipinski definition) is 1. The van der Waals surface area contributed by atoms with Crippen molar-refractivity contribution in [2.45, 2.75) is 78.9 Å². The first kappa shape index (κ1) is 28.2. The fraction of sp³-hybridized carbons (Fsp3) is 0.567. The maximum Gasteiger partial charge on any atom is 0.416 e. The molecule has 36 heavy (non-hydrogen) atoms. The quantitative estimate of drug-likeness (QED) is 0.394. The van der Waals surface area contributed by atoms with E-state index in [0.29, 0.717) is 23.0 Å². The fourth-order valence-electron chi connectivity index (χ4n) is 5.37. The van der Waals surface area contributed by atoms with Crippen molar-refractivity contribution in [2.75, 3.05) is 13.1 Å². The molecule has 1 fully saturated rings. The number of hydrogen-bond acceptors (Lipinski definition) is 2. The standard InChI is InChI=1S/C30H40F3NO2/c1-20(2)6-13-27(34-16-14-23(15-17-34)29(3,4)5)25-12-7-21(19-28(35)36)18-26(25)22-8-10-24(11-9-22)30(31,32)33/h7-12,18,20,23,27H,6,13-17,19H2,1-5H3,(H,35,36). The highest BCUT2D eigenvalue weighted by Gasteiger charge is 2.33. The van der Waals surface area contributed by atoms with Gasteiger partial charge in [0.15, 0.2) is 0 Å². The van der Waals surface area contributed by atoms with E-state index in [-0.39, 0.29) is 17.9 Å². The molecule has 1 saturated heterocycles. The van der Waals surface area contributed by atoms with Crippen LogP contribution in [-0.2, 0) is 17.4 Å². The van der Waals surface area contributed by atoms with Crippen LogP contribution >= 0.6 is 0 Å². The number of carbonyl (C=O) groups is 1. The Hall–Kier alpha value is -2.34. The number of carboxylic acid groups (broad SMARTS) is 1. The van der Waals surface area contributed by atoms with E-state index in [0.717, 1.165) is 62.0 Å². The molecule has 6 heteroatoms. The molecule has 0 bridgehead atoms. The molecule has 0 aromatic heterocycles. The Balaban J connectivity index is 2.03. The minimum Gasteiger partial charge on any atom is -0.481 e. The maximum absolute atomic E-state index is 13.2. The molecule has 198 valence electrons. The van der Waals surface area contributed by atoms with Crippen LogP contribution in [0.2, 0.25) is 0 Å². The van der Waals surface area contributed by atoms with Crippen LogP contribution in [0, 0.1) is 17.3 Å². The van der Waals surface area contributed by atoms with Crippen LogP contribution in [0.3, 0.4) is 0 Å². The van der Waals surface area contributed by atoms with Gasteiger partial charge in [-0.3, -0.25) is 9.69 Å². The summed E-state index contributed by atoms with van der Waals surface area (Å²) in [7, 11) is 0. The van der Waals surface area contributed by atoms with Crippen LogP contribution in [0.5, 0.6) is 0 Å². The van der Waals surface area contributed by atoms with E-state index < -0.39 is 17.7 Å². The van der Waals surface area contributed by atoms with Gasteiger partial charge in [0.1, 0.15) is 0 Å². The second-order valence-electron chi connectivity index (χ2n) is 11.7. The lowest BCUT2D eigenvalue weighted by Gasteiger charge is -2.42. The van der Waals surface area contributed by atoms with Crippen molar-refractivity contribution >= 4 is 5.97 Å². The highest BCUT2D eigenvalue weighted by Crippen LogP contribution is 2.41. The lowest BCUT2D eigenvalue weighted by atomic mass is 9.75. The molecule has 1 atom stereocenters. The van der Waals surface area contributed by atoms with Crippen molar-refractivity contribution in [3.63, 3.8) is 0 Å². The molecule has 3 rings (SSSR count). The van der Waals surface area contributed by atoms with Crippen molar-refractivity contribution in [3.05, 3.63) is 59.2 Å². The Bertz CT molecular complexity index is 1010. The molecule has 0 spiro atoms. The van der Waals surface area contributed by atoms with Gasteiger partial charge in [0, 0.05) is 6.04 Å². The highest BCUT2D eigenvalue weighted by molar-refractivity contribution is 5.74. The van der Waals surface area contributed by atoms with Crippen LogP contribution < -0.4 is 0 Å². The number of nitrogens with zero attached hydrogens (tertiary/aromatic N) is 1. The summed E-state index contributed by atoms with van der Waals surface area (Å²) in [6.45, 7) is 13.3. The van der Waals surface area contributed by atoms with E-state index in [1.807, 2.05) is 18.2 Å². The van der Waals surface area contributed by atoms with Gasteiger partial charge < -0.3 is 5.11 Å². The Morgan fingerprint density at radius 2 is 1.61 bits per heavy atom. The third kappa shape index (κ3) is 7.34. The smallest absolute Gasteiger partial charge is 0.416 e. The zero-order valence-corrected chi connectivity index (χ0v) is 22.2. The largest absolute Gasteiger partial charge is 0.481 e. The van der Waals surface area contributed by atoms with Gasteiger partial charge in [0.2, 0.25) is 0 Å². The van der Waals surface area contributed by atoms with E-state index in [9.17, 15) is 23.1 Å². The Kier molecular flexibility index (Phi) is 8.92. The van der Waals surface area contributed by atoms with Crippen LogP contribution in [0.15, 0.2) is 42.5 Å². The van der Waals surface area contributed by atoms with Crippen molar-refractivity contribution < 1.29 is 23.1 Å². The van der Waals surface area contributed by atoms with Crippen LogP contribution in [0.1, 0.15) is 83.0 Å². The predicted octanol–water partition coefficient (Wildman–Crippen LogP) is 8.23. The first-order valence-corrected chi connectivity index (χ1v) is 13.0. The molecule has 2 aromatic rings. The maximum atomic E-state index is 13.2. The Labute approximate surface area is 213 Å². The lowest BCUT2D eigenvalue weighted by Crippen LogP contribution is -2.40. The summed E-state index contributed by atoms with van der Waals surface area (Å²) >= 11 is 0. The van der Waals surface area contributed by atoms with Crippen molar-refractivity contribution in [2.24, 2.45) is 17.3 Å². The first-order chi connectivity index (χ1) is 16.8. The topological polar surface area (TPSA) is 40.5 Å². The average molecular weight is 504 g/mol. The van der Waals surface area contributed by atoms with Gasteiger partial charge >= 0.3 is 12.1 Å². The minimum atomic E-state index is -4.40. The summed E-state index contributed by atoms with van der Waals surface area (Å²) in [5.74, 6) is 0.258. The number of carboxylic acids is 1. The second-order valence-corrected chi connectivity index (χ2v) is 11.7. The molecule has 1 N–H and O–H groups in total. The van der Waals surface area contributed by atoms with Gasteiger partial charge in [0.25, 0.3) is 0 Å². The molecule has 1 aliphatic rings. The third-order valence-corrected chi connectivity index (χ3v) is 7.57. The van der Waals surface area contributed by atoms with Gasteiger partial charge in [0.05, 0.1) is 12.0 Å². The van der Waals surface area contributed by atoms with Crippen LogP contribution in [0.25, 0.3) is 11.1 Å². The summed E-state index contributed by atoms with van der Waals surface area (Å²) < 4.78 is 39.6. The van der Waals surface area contributed by atoms with Gasteiger partial charge in [-0.25, -0.2) is 0 Å². The number of benzene rings is 2. The van der Waals surface area contributed by atoms with Crippen molar-refractivity contribution in [3.8, 4) is 11.1 Å². The number of alkyl halides is 3. The van der Waals surface area contributed by atoms with E-state index >= 15 is 0 Å². The average Bonchev–Trinajstić information content (AvgIpc) is 2.78. The van der Waals surface area contributed by atoms with Crippen molar-refractivity contribution in [1.29, 1.82) is 0 Å². The SMILES string of the molecule is CC(C)CCC(c1ccc(CC(=O)O)cc1-c1ccc(C(F)(F)F)cc1)N1CCC(C(C)(C)C)CC1. The Morgan fingerprint density at radius 1 is 1.00 bits per heavy atom. The molecule has 2 aromatic carbocycles. The molecule has 1 unspecified atom stereocenters. The van der Waals surface area contributed by atoms with E-state index in [2.05, 4.69) is 39.5 Å². The molecular weight excluding hydrogens is 463 g/mol. The van der Waals surface area contributed by atoms with Gasteiger partial charge in [-0.05, 0) is 90.4 Å². The first-order valence-electron chi connectivity index (χ1n) is 13.0. The number of likely N-dealkylation sites (tertiary alicyclic amines) is 1. The molecule has 1 aliphatic heterocycles. The summed E-state index contributed by atoms with van der Waals surface area (Å²) in [5, 5.41) is 9.34. The molecule has 0 radical (unpaired) electrons. The third-order valence-electron chi connectivity index (χ3n) is 7.57. The predicted molar refractivity (Wildman–Crippen MR) is 139 cm³/mol. The van der Waals surface area contributed by atoms with Crippen LogP contribution in [0.4, 0.5) is 13.2 Å². The summed E-state index contributed by atoms with van der Waals surface area (Å²) in [4.78, 5) is 13.9. The van der Waals surface area contributed by atoms with E-state index in [1.165, 1.54) is 12.1 Å². The number of halogens is 3. The molecule has 0 aliphatic carbocycles. The number of rotatable bonds is 8. The summed E-state index contributed by atoms with van der Waals surface area (Å²) in [6.07, 6.45) is -0.301. The van der Waals surface area contributed by atoms with Gasteiger partial charge in [-0.15, -0.1) is 0 Å². The summed E-state index contributed by atoms with van der Waals surface area (Å²) in [5.41, 5.74) is 2.81. The normalized spacial score (nSPS) is 16.9. The van der Waals surface area contributed by atoms with Gasteiger partial charge in [-0.1, -0.05) is 65.0 Å². The van der Waals surface area contributed by atoms with Gasteiger partial charge in [-0.2, -0.15) is 13.2 Å². The highest BCUT2D eigenvalue weighted by atomic mass is 19.4. The van der Waals surface area contributed by atoms with E-state index in [1.54, 1.807) is 0 Å². The second kappa shape index (κ2) is 11.4. The number of aliphatic carboxylic acids is 1. The number of piperidine rings is 1. The van der Waals surface area contributed by atoms with Crippen LogP contribution in [-0.4, -0.2) is 29.1 Å². The molecular formula is C30H40F3NO2. The molecule has 3 nitrogen and oxygen atoms in total. The Morgan fingerprint density at radius 3 is 2.11 bits per heavy atom.